The Balaban J connectivity index is 2.12. The summed E-state index contributed by atoms with van der Waals surface area (Å²) < 4.78 is 26.4. The lowest BCUT2D eigenvalue weighted by atomic mass is 10.2. The number of rotatable bonds is 5. The van der Waals surface area contributed by atoms with E-state index >= 15 is 0 Å². The van der Waals surface area contributed by atoms with Crippen LogP contribution >= 0.6 is 0 Å². The molecule has 0 radical (unpaired) electrons. The summed E-state index contributed by atoms with van der Waals surface area (Å²) in [5, 5.41) is 0. The van der Waals surface area contributed by atoms with Gasteiger partial charge in [-0.25, -0.2) is 12.7 Å². The van der Waals surface area contributed by atoms with Crippen LogP contribution in [0.25, 0.3) is 0 Å². The molecule has 0 aliphatic rings. The molecule has 0 amide bonds. The monoisotopic (exact) mass is 290 g/mol. The summed E-state index contributed by atoms with van der Waals surface area (Å²) in [6.45, 7) is 2.25. The van der Waals surface area contributed by atoms with Crippen LogP contribution in [-0.2, 0) is 16.4 Å². The van der Waals surface area contributed by atoms with Crippen LogP contribution in [0, 0.1) is 6.92 Å². The van der Waals surface area contributed by atoms with Gasteiger partial charge in [-0.1, -0.05) is 18.2 Å². The highest BCUT2D eigenvalue weighted by Gasteiger charge is 2.21. The van der Waals surface area contributed by atoms with Crippen molar-refractivity contribution in [3.8, 4) is 0 Å². The van der Waals surface area contributed by atoms with E-state index in [1.165, 1.54) is 4.31 Å². The molecule has 2 aromatic rings. The van der Waals surface area contributed by atoms with Gasteiger partial charge in [-0.05, 0) is 42.7 Å². The maximum absolute atomic E-state index is 12.5. The lowest BCUT2D eigenvalue weighted by Crippen LogP contribution is -2.29. The number of aryl methyl sites for hydroxylation is 1. The van der Waals surface area contributed by atoms with Crippen molar-refractivity contribution in [3.63, 3.8) is 0 Å². The Bertz CT molecular complexity index is 669. The predicted molar refractivity (Wildman–Crippen MR) is 78.9 cm³/mol. The van der Waals surface area contributed by atoms with E-state index in [1.807, 2.05) is 31.2 Å². The molecule has 1 aromatic heterocycles. The van der Waals surface area contributed by atoms with Crippen LogP contribution < -0.4 is 0 Å². The minimum Gasteiger partial charge on any atom is -0.265 e. The van der Waals surface area contributed by atoms with E-state index < -0.39 is 10.0 Å². The summed E-state index contributed by atoms with van der Waals surface area (Å²) >= 11 is 0. The van der Waals surface area contributed by atoms with Gasteiger partial charge in [-0.2, -0.15) is 0 Å². The number of pyridine rings is 1. The summed E-state index contributed by atoms with van der Waals surface area (Å²) in [7, 11) is -1.81. The van der Waals surface area contributed by atoms with Gasteiger partial charge in [-0.15, -0.1) is 0 Å². The lowest BCUT2D eigenvalue weighted by Gasteiger charge is -2.18. The molecule has 1 aromatic carbocycles. The Morgan fingerprint density at radius 1 is 1.10 bits per heavy atom. The Morgan fingerprint density at radius 3 is 2.40 bits per heavy atom. The van der Waals surface area contributed by atoms with E-state index in [9.17, 15) is 8.42 Å². The lowest BCUT2D eigenvalue weighted by molar-refractivity contribution is 0.472. The number of nitrogens with zero attached hydrogens (tertiary/aromatic N) is 2. The third kappa shape index (κ3) is 3.23. The van der Waals surface area contributed by atoms with E-state index in [-0.39, 0.29) is 0 Å². The fourth-order valence-electron chi connectivity index (χ4n) is 1.97. The van der Waals surface area contributed by atoms with Crippen molar-refractivity contribution in [2.75, 3.05) is 13.6 Å². The zero-order chi connectivity index (χ0) is 14.6. The SMILES string of the molecule is Cc1ccccc1S(=O)(=O)N(C)CCc1ccncc1. The first kappa shape index (κ1) is 14.7. The van der Waals surface area contributed by atoms with Gasteiger partial charge in [0.05, 0.1) is 4.90 Å². The second kappa shape index (κ2) is 6.15. The molecule has 5 heteroatoms. The molecule has 106 valence electrons. The smallest absolute Gasteiger partial charge is 0.243 e. The van der Waals surface area contributed by atoms with Crippen LogP contribution in [0.3, 0.4) is 0 Å². The molecule has 0 saturated carbocycles. The number of hydrogen-bond donors (Lipinski definition) is 0. The van der Waals surface area contributed by atoms with Gasteiger partial charge in [0.2, 0.25) is 10.0 Å². The average molecular weight is 290 g/mol. The topological polar surface area (TPSA) is 50.3 Å². The Labute approximate surface area is 120 Å². The number of aromatic nitrogens is 1. The zero-order valence-corrected chi connectivity index (χ0v) is 12.5. The number of sulfonamides is 1. The van der Waals surface area contributed by atoms with Crippen molar-refractivity contribution in [2.45, 2.75) is 18.2 Å². The average Bonchev–Trinajstić information content (AvgIpc) is 2.46. The number of likely N-dealkylation sites (N-methyl/N-ethyl adjacent to an activating group) is 1. The van der Waals surface area contributed by atoms with E-state index in [2.05, 4.69) is 4.98 Å². The molecule has 0 unspecified atom stereocenters. The van der Waals surface area contributed by atoms with Gasteiger partial charge in [0.25, 0.3) is 0 Å². The Kier molecular flexibility index (Phi) is 4.52. The van der Waals surface area contributed by atoms with Gasteiger partial charge in [0.15, 0.2) is 0 Å². The van der Waals surface area contributed by atoms with Crippen LogP contribution in [0.15, 0.2) is 53.7 Å². The molecule has 0 atom stereocenters. The minimum absolute atomic E-state index is 0.372. The quantitative estimate of drug-likeness (QED) is 0.848. The molecule has 0 saturated heterocycles. The molecule has 1 heterocycles. The van der Waals surface area contributed by atoms with Crippen LogP contribution in [0.4, 0.5) is 0 Å². The van der Waals surface area contributed by atoms with Gasteiger partial charge < -0.3 is 0 Å². The van der Waals surface area contributed by atoms with Gasteiger partial charge in [0.1, 0.15) is 0 Å². The van der Waals surface area contributed by atoms with Crippen molar-refractivity contribution in [1.82, 2.24) is 9.29 Å². The molecule has 0 aliphatic carbocycles. The summed E-state index contributed by atoms with van der Waals surface area (Å²) in [5.74, 6) is 0. The van der Waals surface area contributed by atoms with Crippen molar-refractivity contribution in [2.24, 2.45) is 0 Å². The summed E-state index contributed by atoms with van der Waals surface area (Å²) in [6, 6.07) is 10.8. The summed E-state index contributed by atoms with van der Waals surface area (Å²) in [5.41, 5.74) is 1.84. The molecule has 0 N–H and O–H groups in total. The molecular weight excluding hydrogens is 272 g/mol. The predicted octanol–water partition coefficient (Wildman–Crippen LogP) is 2.25. The van der Waals surface area contributed by atoms with Crippen LogP contribution in [-0.4, -0.2) is 31.3 Å². The van der Waals surface area contributed by atoms with E-state index in [4.69, 9.17) is 0 Å². The maximum atomic E-state index is 12.5. The number of hydrogen-bond acceptors (Lipinski definition) is 3. The van der Waals surface area contributed by atoms with Crippen molar-refractivity contribution in [1.29, 1.82) is 0 Å². The fourth-order valence-corrected chi connectivity index (χ4v) is 3.36. The van der Waals surface area contributed by atoms with Gasteiger partial charge >= 0.3 is 0 Å². The molecule has 0 aliphatic heterocycles. The molecule has 0 spiro atoms. The molecule has 2 rings (SSSR count). The van der Waals surface area contributed by atoms with E-state index in [0.29, 0.717) is 17.9 Å². The first-order valence-electron chi connectivity index (χ1n) is 6.42. The molecule has 0 fully saturated rings. The standard InChI is InChI=1S/C15H18N2O2S/c1-13-5-3-4-6-15(13)20(18,19)17(2)12-9-14-7-10-16-11-8-14/h3-8,10-11H,9,12H2,1-2H3. The van der Waals surface area contributed by atoms with Crippen molar-refractivity contribution < 1.29 is 8.42 Å². The second-order valence-corrected chi connectivity index (χ2v) is 6.71. The van der Waals surface area contributed by atoms with Crippen molar-refractivity contribution >= 4 is 10.0 Å². The molecular formula is C15H18N2O2S. The third-order valence-electron chi connectivity index (χ3n) is 3.25. The molecule has 0 bridgehead atoms. The zero-order valence-electron chi connectivity index (χ0n) is 11.7. The highest BCUT2D eigenvalue weighted by atomic mass is 32.2. The van der Waals surface area contributed by atoms with Gasteiger partial charge in [-0.3, -0.25) is 4.98 Å². The third-order valence-corrected chi connectivity index (χ3v) is 5.26. The first-order valence-corrected chi connectivity index (χ1v) is 7.86. The van der Waals surface area contributed by atoms with Crippen LogP contribution in [0.1, 0.15) is 11.1 Å². The first-order chi connectivity index (χ1) is 9.51. The number of benzene rings is 1. The summed E-state index contributed by atoms with van der Waals surface area (Å²) in [6.07, 6.45) is 4.10. The minimum atomic E-state index is -3.42. The molecule has 4 nitrogen and oxygen atoms in total. The maximum Gasteiger partial charge on any atom is 0.243 e. The normalized spacial score (nSPS) is 11.8. The van der Waals surface area contributed by atoms with E-state index in [1.54, 1.807) is 31.6 Å². The van der Waals surface area contributed by atoms with E-state index in [0.717, 1.165) is 11.1 Å². The highest BCUT2D eigenvalue weighted by Crippen LogP contribution is 2.18. The van der Waals surface area contributed by atoms with Crippen LogP contribution in [0.5, 0.6) is 0 Å². The van der Waals surface area contributed by atoms with Crippen LogP contribution in [0.2, 0.25) is 0 Å². The largest absolute Gasteiger partial charge is 0.265 e. The Hall–Kier alpha value is -1.72. The van der Waals surface area contributed by atoms with Gasteiger partial charge in [0, 0.05) is 26.0 Å². The Morgan fingerprint density at radius 2 is 1.75 bits per heavy atom. The fraction of sp³-hybridized carbons (Fsp3) is 0.267. The highest BCUT2D eigenvalue weighted by molar-refractivity contribution is 7.89. The molecule has 20 heavy (non-hydrogen) atoms. The second-order valence-electron chi connectivity index (χ2n) is 4.70. The van der Waals surface area contributed by atoms with Crippen molar-refractivity contribution in [3.05, 3.63) is 59.9 Å². The summed E-state index contributed by atoms with van der Waals surface area (Å²) in [4.78, 5) is 4.32.